The Labute approximate surface area is 281 Å². The minimum absolute atomic E-state index is 0.0152. The molecular formula is C36H58N4O7. The van der Waals surface area contributed by atoms with Crippen molar-refractivity contribution in [2.75, 3.05) is 26.2 Å². The highest BCUT2D eigenvalue weighted by Gasteiger charge is 2.25. The maximum atomic E-state index is 12.1. The number of nitrogens with one attached hydrogen (secondary N) is 3. The third kappa shape index (κ3) is 18.9. The Morgan fingerprint density at radius 2 is 1.74 bits per heavy atom. The fourth-order valence-corrected chi connectivity index (χ4v) is 5.27. The molecule has 2 aliphatic rings. The first kappa shape index (κ1) is 41.3. The molecule has 264 valence electrons. The average molecular weight is 659 g/mol. The van der Waals surface area contributed by atoms with Crippen LogP contribution in [0, 0.1) is 0 Å². The lowest BCUT2D eigenvalue weighted by atomic mass is 10.0. The molecule has 11 nitrogen and oxygen atoms in total. The number of likely N-dealkylation sites (tertiary alicyclic amines) is 1. The molecule has 3 rings (SSSR count). The van der Waals surface area contributed by atoms with Gasteiger partial charge >= 0.3 is 0 Å². The van der Waals surface area contributed by atoms with Gasteiger partial charge in [-0.1, -0.05) is 70.1 Å². The number of carbonyl (C=O) groups is 5. The number of aliphatic hydroxyl groups excluding tert-OH is 1. The molecule has 1 aliphatic heterocycles. The molecule has 3 unspecified atom stereocenters. The Bertz CT molecular complexity index is 1080. The van der Waals surface area contributed by atoms with Crippen molar-refractivity contribution in [3.05, 3.63) is 42.5 Å². The molecule has 2 fully saturated rings. The molecule has 1 saturated heterocycles. The second-order valence-corrected chi connectivity index (χ2v) is 12.1. The smallest absolute Gasteiger partial charge is 0.289 e. The van der Waals surface area contributed by atoms with Gasteiger partial charge in [-0.2, -0.15) is 0 Å². The molecule has 4 N–H and O–H groups in total. The fraction of sp³-hybridized carbons (Fsp3) is 0.639. The Hall–Kier alpha value is -3.73. The molecule has 0 bridgehead atoms. The van der Waals surface area contributed by atoms with Crippen LogP contribution in [0.1, 0.15) is 103 Å². The quantitative estimate of drug-likeness (QED) is 0.0854. The number of aliphatic hydroxyl groups is 1. The number of nitrogens with zero attached hydrogens (tertiary/aromatic N) is 1. The van der Waals surface area contributed by atoms with Gasteiger partial charge in [-0.25, -0.2) is 0 Å². The molecule has 1 aromatic rings. The van der Waals surface area contributed by atoms with Gasteiger partial charge in [-0.05, 0) is 63.6 Å². The van der Waals surface area contributed by atoms with Crippen molar-refractivity contribution in [3.8, 4) is 5.75 Å². The third-order valence-electron chi connectivity index (χ3n) is 7.90. The van der Waals surface area contributed by atoms with Crippen LogP contribution in [0.3, 0.4) is 0 Å². The largest absolute Gasteiger partial charge is 0.494 e. The monoisotopic (exact) mass is 658 g/mol. The summed E-state index contributed by atoms with van der Waals surface area (Å²) >= 11 is 0. The molecule has 0 aromatic heterocycles. The number of Topliss-reactive ketones (excluding diaryl/α,β-unsaturated/α-hetero) is 1. The Morgan fingerprint density at radius 3 is 2.30 bits per heavy atom. The van der Waals surface area contributed by atoms with Gasteiger partial charge in [0.1, 0.15) is 5.75 Å². The topological polar surface area (TPSA) is 154 Å². The normalized spacial score (nSPS) is 16.5. The van der Waals surface area contributed by atoms with Crippen LogP contribution in [0.4, 0.5) is 0 Å². The number of rotatable bonds is 17. The number of carbonyl (C=O) groups excluding carboxylic acids is 5. The van der Waals surface area contributed by atoms with E-state index in [1.165, 1.54) is 44.6 Å². The van der Waals surface area contributed by atoms with E-state index in [1.807, 2.05) is 43.0 Å². The second-order valence-electron chi connectivity index (χ2n) is 12.1. The summed E-state index contributed by atoms with van der Waals surface area (Å²) < 4.78 is 5.65. The molecular weight excluding hydrogens is 600 g/mol. The van der Waals surface area contributed by atoms with Gasteiger partial charge < -0.3 is 30.7 Å². The highest BCUT2D eigenvalue weighted by molar-refractivity contribution is 6.38. The van der Waals surface area contributed by atoms with E-state index in [0.29, 0.717) is 38.0 Å². The first-order valence-electron chi connectivity index (χ1n) is 17.2. The standard InChI is InChI=1S/C20H30N2O4.C10H16N2O3.C6H12/c1-15-6-4-10-22(15)20(25)14-21-19(24)13-17-8-3-9-18(12-17)26-11-5-7-16(2)23;1-3-5-8(12-7-13)9(14)10(15)11-6-4-2;1-2-4-6-5-3-1/h3,8-9,12,15-16,23H,4-7,10-11,13-14H2,1-2H3,(H,21,24);4,7-8H,2-3,5-6H2,1H3,(H,11,15)(H,12,13);1-6H2. The molecule has 1 aliphatic carbocycles. The Balaban J connectivity index is 0.000000439. The minimum Gasteiger partial charge on any atom is -0.494 e. The summed E-state index contributed by atoms with van der Waals surface area (Å²) in [6, 6.07) is 6.95. The molecule has 47 heavy (non-hydrogen) atoms. The summed E-state index contributed by atoms with van der Waals surface area (Å²) in [5.41, 5.74) is 0.845. The number of ketones is 1. The molecule has 1 aromatic carbocycles. The zero-order valence-electron chi connectivity index (χ0n) is 28.8. The highest BCUT2D eigenvalue weighted by Crippen LogP contribution is 2.17. The van der Waals surface area contributed by atoms with E-state index in [9.17, 15) is 29.1 Å². The summed E-state index contributed by atoms with van der Waals surface area (Å²) in [6.45, 7) is 10.7. The summed E-state index contributed by atoms with van der Waals surface area (Å²) in [7, 11) is 0. The first-order chi connectivity index (χ1) is 22.6. The van der Waals surface area contributed by atoms with Gasteiger partial charge in [-0.3, -0.25) is 24.0 Å². The van der Waals surface area contributed by atoms with Gasteiger partial charge in [0.05, 0.1) is 31.7 Å². The van der Waals surface area contributed by atoms with E-state index in [0.717, 1.165) is 31.4 Å². The molecule has 0 radical (unpaired) electrons. The lowest BCUT2D eigenvalue weighted by molar-refractivity contribution is -0.139. The van der Waals surface area contributed by atoms with E-state index < -0.39 is 17.7 Å². The lowest BCUT2D eigenvalue weighted by Gasteiger charge is -2.21. The van der Waals surface area contributed by atoms with E-state index in [-0.39, 0.29) is 43.5 Å². The zero-order chi connectivity index (χ0) is 34.9. The van der Waals surface area contributed by atoms with Crippen molar-refractivity contribution in [1.82, 2.24) is 20.9 Å². The molecule has 4 amide bonds. The van der Waals surface area contributed by atoms with Crippen molar-refractivity contribution in [2.24, 2.45) is 0 Å². The van der Waals surface area contributed by atoms with Crippen molar-refractivity contribution < 1.29 is 33.8 Å². The van der Waals surface area contributed by atoms with Crippen molar-refractivity contribution >= 4 is 29.9 Å². The van der Waals surface area contributed by atoms with Gasteiger partial charge in [0, 0.05) is 19.1 Å². The number of hydrogen-bond acceptors (Lipinski definition) is 7. The number of amides is 4. The number of ether oxygens (including phenoxy) is 1. The molecule has 11 heteroatoms. The van der Waals surface area contributed by atoms with E-state index in [4.69, 9.17) is 4.74 Å². The van der Waals surface area contributed by atoms with Gasteiger partial charge in [0.25, 0.3) is 5.91 Å². The molecule has 1 heterocycles. The summed E-state index contributed by atoms with van der Waals surface area (Å²) in [5.74, 6) is -0.786. The predicted molar refractivity (Wildman–Crippen MR) is 184 cm³/mol. The van der Waals surface area contributed by atoms with Gasteiger partial charge in [0.2, 0.25) is 24.0 Å². The third-order valence-corrected chi connectivity index (χ3v) is 7.90. The maximum Gasteiger partial charge on any atom is 0.289 e. The fourth-order valence-electron chi connectivity index (χ4n) is 5.27. The summed E-state index contributed by atoms with van der Waals surface area (Å²) in [5, 5.41) is 16.6. The Morgan fingerprint density at radius 1 is 1.06 bits per heavy atom. The summed E-state index contributed by atoms with van der Waals surface area (Å²) in [4.78, 5) is 59.0. The number of benzene rings is 1. The lowest BCUT2D eigenvalue weighted by Crippen LogP contribution is -2.44. The van der Waals surface area contributed by atoms with Crippen LogP contribution in [0.5, 0.6) is 5.75 Å². The van der Waals surface area contributed by atoms with Crippen LogP contribution in [-0.4, -0.2) is 84.4 Å². The molecule has 3 atom stereocenters. The van der Waals surface area contributed by atoms with Crippen LogP contribution in [0.2, 0.25) is 0 Å². The second kappa shape index (κ2) is 25.4. The van der Waals surface area contributed by atoms with Gasteiger partial charge in [-0.15, -0.1) is 6.58 Å². The van der Waals surface area contributed by atoms with Crippen LogP contribution in [-0.2, 0) is 30.4 Å². The zero-order valence-corrected chi connectivity index (χ0v) is 28.8. The SMILES string of the molecule is C1CCCCC1.C=CCNC(=O)C(=O)C(CCC)NC=O.CC(O)CCCOc1cccc(CC(=O)NCC(=O)N2CCCC2C)c1. The summed E-state index contributed by atoms with van der Waals surface area (Å²) in [6.07, 6.45) is 15.5. The number of hydrogen-bond donors (Lipinski definition) is 4. The van der Waals surface area contributed by atoms with Crippen molar-refractivity contribution in [2.45, 2.75) is 122 Å². The molecule has 0 spiro atoms. The minimum atomic E-state index is -0.725. The Kier molecular flexibility index (Phi) is 22.3. The first-order valence-corrected chi connectivity index (χ1v) is 17.2. The van der Waals surface area contributed by atoms with Crippen LogP contribution >= 0.6 is 0 Å². The maximum absolute atomic E-state index is 12.1. The van der Waals surface area contributed by atoms with E-state index >= 15 is 0 Å². The van der Waals surface area contributed by atoms with E-state index in [2.05, 4.69) is 22.5 Å². The van der Waals surface area contributed by atoms with Crippen molar-refractivity contribution in [3.63, 3.8) is 0 Å². The van der Waals surface area contributed by atoms with Crippen molar-refractivity contribution in [1.29, 1.82) is 0 Å². The highest BCUT2D eigenvalue weighted by atomic mass is 16.5. The van der Waals surface area contributed by atoms with Crippen LogP contribution in [0.15, 0.2) is 36.9 Å². The van der Waals surface area contributed by atoms with Gasteiger partial charge in [0.15, 0.2) is 0 Å². The van der Waals surface area contributed by atoms with Crippen LogP contribution in [0.25, 0.3) is 0 Å². The molecule has 1 saturated carbocycles. The average Bonchev–Trinajstić information content (AvgIpc) is 3.51. The van der Waals surface area contributed by atoms with E-state index in [1.54, 1.807) is 6.92 Å². The van der Waals surface area contributed by atoms with Crippen LogP contribution < -0.4 is 20.7 Å². The predicted octanol–water partition coefficient (Wildman–Crippen LogP) is 4.01.